The second-order valence-corrected chi connectivity index (χ2v) is 12.9. The molecule has 0 aliphatic carbocycles. The Morgan fingerprint density at radius 1 is 0.979 bits per heavy atom. The summed E-state index contributed by atoms with van der Waals surface area (Å²) in [4.78, 5) is 25.8. The highest BCUT2D eigenvalue weighted by Gasteiger charge is 2.36. The van der Waals surface area contributed by atoms with Crippen molar-refractivity contribution in [1.29, 1.82) is 0 Å². The molecule has 1 aliphatic rings. The van der Waals surface area contributed by atoms with Crippen molar-refractivity contribution in [3.63, 3.8) is 0 Å². The van der Waals surface area contributed by atoms with Gasteiger partial charge in [-0.2, -0.15) is 0 Å². The monoisotopic (exact) mass is 654 g/mol. The topological polar surface area (TPSA) is 158 Å². The van der Waals surface area contributed by atoms with E-state index in [1.165, 1.54) is 12.1 Å². The van der Waals surface area contributed by atoms with Crippen molar-refractivity contribution >= 4 is 37.6 Å². The van der Waals surface area contributed by atoms with Crippen LogP contribution in [-0.2, 0) is 9.84 Å². The second-order valence-electron chi connectivity index (χ2n) is 11.0. The average molecular weight is 655 g/mol. The number of aromatic amines is 1. The second kappa shape index (κ2) is 12.4. The van der Waals surface area contributed by atoms with Gasteiger partial charge in [0, 0.05) is 54.6 Å². The maximum atomic E-state index is 13.8. The van der Waals surface area contributed by atoms with Crippen LogP contribution in [0.25, 0.3) is 33.1 Å². The van der Waals surface area contributed by atoms with Gasteiger partial charge < -0.3 is 24.6 Å². The van der Waals surface area contributed by atoms with Crippen molar-refractivity contribution in [2.24, 2.45) is 0 Å². The number of para-hydroxylation sites is 1. The van der Waals surface area contributed by atoms with E-state index in [9.17, 15) is 18.4 Å². The summed E-state index contributed by atoms with van der Waals surface area (Å²) in [6.07, 6.45) is 0. The predicted molar refractivity (Wildman–Crippen MR) is 171 cm³/mol. The maximum Gasteiger partial charge on any atom is 0.415 e. The quantitative estimate of drug-likeness (QED) is 0.228. The first-order valence-electron chi connectivity index (χ1n) is 14.9. The lowest BCUT2D eigenvalue weighted by atomic mass is 10.1. The number of hydrogen-bond donors (Lipinski definition) is 1. The fourth-order valence-corrected chi connectivity index (χ4v) is 7.06. The molecule has 13 nitrogen and oxygen atoms in total. The van der Waals surface area contributed by atoms with Gasteiger partial charge in [0.1, 0.15) is 18.1 Å². The smallest absolute Gasteiger partial charge is 0.415 e. The summed E-state index contributed by atoms with van der Waals surface area (Å²) >= 11 is 0. The molecule has 7 rings (SSSR count). The Morgan fingerprint density at radius 2 is 1.70 bits per heavy atom. The molecule has 0 bridgehead atoms. The van der Waals surface area contributed by atoms with Crippen molar-refractivity contribution in [1.82, 2.24) is 24.9 Å². The van der Waals surface area contributed by atoms with Gasteiger partial charge in [-0.15, -0.1) is 0 Å². The average Bonchev–Trinajstić information content (AvgIpc) is 3.68. The van der Waals surface area contributed by atoms with E-state index in [-0.39, 0.29) is 22.3 Å². The summed E-state index contributed by atoms with van der Waals surface area (Å²) in [6, 6.07) is 24.9. The number of benzene rings is 3. The normalized spacial score (nSPS) is 14.1. The van der Waals surface area contributed by atoms with Crippen LogP contribution in [0, 0.1) is 5.21 Å². The Balaban J connectivity index is 1.04. The zero-order valence-corrected chi connectivity index (χ0v) is 26.1. The highest BCUT2D eigenvalue weighted by molar-refractivity contribution is 7.91. The minimum Gasteiger partial charge on any atom is -0.497 e. The third kappa shape index (κ3) is 5.72. The standard InChI is InChI=1S/C33H30N6O7S/c1-44-23-13-11-22(12-14-23)29-30-26(25-9-5-6-10-27(25)34-30)21-28(35-29)32(40)38-17-15-37(16-18-38)19-20-45-31-33(39(41)46-36-31)47(42,43)24-7-3-2-4-8-24/h2-14,21,34H,15-20H2,1H3. The minimum atomic E-state index is -4.20. The highest BCUT2D eigenvalue weighted by atomic mass is 32.2. The number of hydrogen-bond acceptors (Lipinski definition) is 10. The molecule has 14 heteroatoms. The van der Waals surface area contributed by atoms with E-state index in [0.717, 1.165) is 33.1 Å². The van der Waals surface area contributed by atoms with Gasteiger partial charge in [0.25, 0.3) is 15.7 Å². The highest BCUT2D eigenvalue weighted by Crippen LogP contribution is 2.34. The van der Waals surface area contributed by atoms with E-state index in [0.29, 0.717) is 44.1 Å². The summed E-state index contributed by atoms with van der Waals surface area (Å²) in [5.74, 6) is 0.162. The van der Waals surface area contributed by atoms with Gasteiger partial charge in [-0.1, -0.05) is 36.4 Å². The van der Waals surface area contributed by atoms with E-state index in [2.05, 4.69) is 19.7 Å². The molecule has 1 fully saturated rings. The number of nitrogens with one attached hydrogen (secondary N) is 1. The molecule has 1 N–H and O–H groups in total. The molecule has 3 aromatic carbocycles. The number of H-pyrrole nitrogens is 1. The first kappa shape index (κ1) is 30.2. The number of aromatic nitrogens is 4. The summed E-state index contributed by atoms with van der Waals surface area (Å²) in [6.45, 7) is 2.52. The number of rotatable bonds is 9. The molecule has 1 saturated heterocycles. The molecule has 1 aliphatic heterocycles. The number of piperazine rings is 1. The number of pyridine rings is 1. The summed E-state index contributed by atoms with van der Waals surface area (Å²) in [5.41, 5.74) is 3.71. The van der Waals surface area contributed by atoms with Gasteiger partial charge in [0.05, 0.1) is 28.4 Å². The predicted octanol–water partition coefficient (Wildman–Crippen LogP) is 3.68. The van der Waals surface area contributed by atoms with Crippen LogP contribution in [0.2, 0.25) is 0 Å². The van der Waals surface area contributed by atoms with Crippen LogP contribution in [0.15, 0.2) is 99.5 Å². The molecule has 0 saturated carbocycles. The van der Waals surface area contributed by atoms with Gasteiger partial charge in [-0.25, -0.2) is 13.4 Å². The van der Waals surface area contributed by atoms with Crippen molar-refractivity contribution in [2.45, 2.75) is 9.92 Å². The van der Waals surface area contributed by atoms with Gasteiger partial charge >= 0.3 is 10.9 Å². The number of carbonyl (C=O) groups excluding carboxylic acids is 1. The molecular weight excluding hydrogens is 624 g/mol. The molecule has 0 spiro atoms. The van der Waals surface area contributed by atoms with Crippen LogP contribution in [0.3, 0.4) is 0 Å². The van der Waals surface area contributed by atoms with Crippen LogP contribution in [0.1, 0.15) is 10.5 Å². The molecule has 47 heavy (non-hydrogen) atoms. The van der Waals surface area contributed by atoms with Crippen LogP contribution >= 0.6 is 0 Å². The largest absolute Gasteiger partial charge is 0.497 e. The zero-order valence-electron chi connectivity index (χ0n) is 25.3. The third-order valence-electron chi connectivity index (χ3n) is 8.24. The number of methoxy groups -OCH3 is 1. The number of nitrogens with zero attached hydrogens (tertiary/aromatic N) is 5. The van der Waals surface area contributed by atoms with E-state index in [1.54, 1.807) is 30.2 Å². The Kier molecular flexibility index (Phi) is 7.95. The van der Waals surface area contributed by atoms with Crippen LogP contribution < -0.4 is 14.4 Å². The van der Waals surface area contributed by atoms with Gasteiger partial charge in [0.2, 0.25) is 0 Å². The van der Waals surface area contributed by atoms with Crippen molar-refractivity contribution in [3.05, 3.63) is 95.8 Å². The maximum absolute atomic E-state index is 13.8. The number of carbonyl (C=O) groups is 1. The SMILES string of the molecule is COc1ccc(-c2nc(C(=O)N3CCN(CCOc4no[n+]([O-])c4S(=O)(=O)c4ccccc4)CC3)cc3c2[nH]c2ccccc23)cc1. The molecular formula is C33H30N6O7S. The first-order chi connectivity index (χ1) is 22.8. The summed E-state index contributed by atoms with van der Waals surface area (Å²) in [5, 5.41) is 16.9. The number of amides is 1. The fourth-order valence-electron chi connectivity index (χ4n) is 5.76. The third-order valence-corrected chi connectivity index (χ3v) is 9.96. The van der Waals surface area contributed by atoms with Gasteiger partial charge in [-0.3, -0.25) is 14.3 Å². The number of ether oxygens (including phenoxy) is 2. The van der Waals surface area contributed by atoms with E-state index < -0.39 is 20.7 Å². The lowest BCUT2D eigenvalue weighted by molar-refractivity contribution is -0.832. The molecule has 4 heterocycles. The van der Waals surface area contributed by atoms with E-state index in [1.807, 2.05) is 54.6 Å². The number of sulfone groups is 1. The summed E-state index contributed by atoms with van der Waals surface area (Å²) in [7, 11) is -2.59. The molecule has 0 atom stereocenters. The van der Waals surface area contributed by atoms with Crippen LogP contribution in [0.4, 0.5) is 0 Å². The van der Waals surface area contributed by atoms with Crippen LogP contribution in [-0.4, -0.2) is 85.7 Å². The Morgan fingerprint density at radius 3 is 2.45 bits per heavy atom. The van der Waals surface area contributed by atoms with Crippen molar-refractivity contribution in [2.75, 3.05) is 46.4 Å². The molecule has 3 aromatic heterocycles. The number of fused-ring (bicyclic) bond motifs is 3. The van der Waals surface area contributed by atoms with Gasteiger partial charge in [0.15, 0.2) is 0 Å². The van der Waals surface area contributed by atoms with Gasteiger partial charge in [-0.05, 0) is 53.4 Å². The van der Waals surface area contributed by atoms with Crippen LogP contribution in [0.5, 0.6) is 11.6 Å². The minimum absolute atomic E-state index is 0.0573. The van der Waals surface area contributed by atoms with Crippen molar-refractivity contribution < 1.29 is 32.2 Å². The first-order valence-corrected chi connectivity index (χ1v) is 16.4. The summed E-state index contributed by atoms with van der Waals surface area (Å²) < 4.78 is 41.5. The molecule has 6 aromatic rings. The van der Waals surface area contributed by atoms with Crippen molar-refractivity contribution in [3.8, 4) is 22.9 Å². The Bertz CT molecular complexity index is 2170. The molecule has 1 amide bonds. The molecule has 240 valence electrons. The Labute approximate surface area is 269 Å². The molecule has 0 unspecified atom stereocenters. The lowest BCUT2D eigenvalue weighted by Crippen LogP contribution is -2.49. The lowest BCUT2D eigenvalue weighted by Gasteiger charge is -2.34. The zero-order chi connectivity index (χ0) is 32.5. The van der Waals surface area contributed by atoms with E-state index >= 15 is 0 Å². The Hall–Kier alpha value is -5.47. The fraction of sp³-hybridized carbons (Fsp3) is 0.212. The molecule has 0 radical (unpaired) electrons. The van der Waals surface area contributed by atoms with E-state index in [4.69, 9.17) is 14.5 Å².